The maximum absolute atomic E-state index is 13.9. The zero-order valence-electron chi connectivity index (χ0n) is 22.0. The molecule has 6 N–H and O–H groups in total. The highest BCUT2D eigenvalue weighted by Crippen LogP contribution is 2.56. The number of aliphatic hydroxyl groups is 3. The van der Waals surface area contributed by atoms with Crippen LogP contribution in [0.2, 0.25) is 0 Å². The average Bonchev–Trinajstić information content (AvgIpc) is 2.84. The number of amides is 1. The van der Waals surface area contributed by atoms with Crippen LogP contribution in [0.5, 0.6) is 5.75 Å². The number of ether oxygens (including phenoxy) is 2. The van der Waals surface area contributed by atoms with Gasteiger partial charge in [0.15, 0.2) is 11.4 Å². The molecular formula is C27H32N2O10. The maximum atomic E-state index is 13.9. The summed E-state index contributed by atoms with van der Waals surface area (Å²) < 4.78 is 11.5. The van der Waals surface area contributed by atoms with Crippen LogP contribution in [0, 0.1) is 11.8 Å². The standard InChI is InChI=1S/C27H32N2O10/c1-5-9-38-10-13-12-7-6-8-14(31)15(12)21(32)17-16(13)23(39-11(2)30)19-20(29(3)4)22(33)18(26(28)36)25(35)27(19,37)24(17)34/h6-8,13,16,19-20,23,31,33-34,37H,5,9-10H2,1-4H3,(H2,28,36). The summed E-state index contributed by atoms with van der Waals surface area (Å²) in [5.74, 6) is -10.3. The molecule has 3 aliphatic carbocycles. The van der Waals surface area contributed by atoms with Crippen molar-refractivity contribution in [3.8, 4) is 5.75 Å². The molecule has 39 heavy (non-hydrogen) atoms. The van der Waals surface area contributed by atoms with Gasteiger partial charge in [-0.25, -0.2) is 0 Å². The molecule has 0 saturated heterocycles. The molecule has 4 rings (SSSR count). The van der Waals surface area contributed by atoms with Gasteiger partial charge in [0.25, 0.3) is 5.91 Å². The summed E-state index contributed by atoms with van der Waals surface area (Å²) in [5, 5.41) is 45.2. The zero-order valence-corrected chi connectivity index (χ0v) is 22.0. The van der Waals surface area contributed by atoms with Gasteiger partial charge in [0.2, 0.25) is 5.78 Å². The van der Waals surface area contributed by atoms with Crippen molar-refractivity contribution in [3.63, 3.8) is 0 Å². The highest BCUT2D eigenvalue weighted by molar-refractivity contribution is 6.25. The number of phenolic OH excluding ortho intramolecular Hbond substituents is 1. The first kappa shape index (κ1) is 28.3. The largest absolute Gasteiger partial charge is 0.510 e. The Morgan fingerprint density at radius 3 is 2.38 bits per heavy atom. The molecule has 0 heterocycles. The predicted molar refractivity (Wildman–Crippen MR) is 135 cm³/mol. The number of likely N-dealkylation sites (N-methyl/N-ethyl adjacent to an activating group) is 1. The molecule has 0 fully saturated rings. The molecule has 0 aliphatic heterocycles. The molecule has 3 aliphatic rings. The van der Waals surface area contributed by atoms with Crippen molar-refractivity contribution in [2.45, 2.75) is 43.9 Å². The Morgan fingerprint density at radius 2 is 1.82 bits per heavy atom. The van der Waals surface area contributed by atoms with E-state index in [-0.39, 0.29) is 12.2 Å². The van der Waals surface area contributed by atoms with Crippen molar-refractivity contribution in [1.29, 1.82) is 0 Å². The van der Waals surface area contributed by atoms with Crippen LogP contribution in [0.1, 0.15) is 42.1 Å². The van der Waals surface area contributed by atoms with E-state index in [2.05, 4.69) is 0 Å². The van der Waals surface area contributed by atoms with Crippen LogP contribution < -0.4 is 5.73 Å². The molecule has 6 atom stereocenters. The fraction of sp³-hybridized carbons (Fsp3) is 0.481. The summed E-state index contributed by atoms with van der Waals surface area (Å²) >= 11 is 0. The molecule has 210 valence electrons. The highest BCUT2D eigenvalue weighted by atomic mass is 16.5. The molecule has 0 saturated carbocycles. The molecule has 0 spiro atoms. The van der Waals surface area contributed by atoms with E-state index in [0.717, 1.165) is 6.92 Å². The van der Waals surface area contributed by atoms with Gasteiger partial charge in [0.1, 0.15) is 28.9 Å². The second-order valence-electron chi connectivity index (χ2n) is 10.3. The second kappa shape index (κ2) is 10.1. The third kappa shape index (κ3) is 4.10. The summed E-state index contributed by atoms with van der Waals surface area (Å²) in [5.41, 5.74) is 1.18. The van der Waals surface area contributed by atoms with Gasteiger partial charge in [-0.1, -0.05) is 19.1 Å². The molecule has 6 unspecified atom stereocenters. The number of nitrogens with two attached hydrogens (primary N) is 1. The molecule has 1 amide bonds. The van der Waals surface area contributed by atoms with Crippen LogP contribution >= 0.6 is 0 Å². The van der Waals surface area contributed by atoms with E-state index < -0.39 is 87.4 Å². The minimum atomic E-state index is -2.98. The summed E-state index contributed by atoms with van der Waals surface area (Å²) in [6, 6.07) is 3.07. The van der Waals surface area contributed by atoms with E-state index in [1.165, 1.54) is 31.1 Å². The number of nitrogens with zero attached hydrogens (tertiary/aromatic N) is 1. The third-order valence-corrected chi connectivity index (χ3v) is 7.72. The number of aliphatic hydroxyl groups excluding tert-OH is 2. The van der Waals surface area contributed by atoms with E-state index >= 15 is 0 Å². The number of rotatable bonds is 7. The first-order valence-corrected chi connectivity index (χ1v) is 12.5. The van der Waals surface area contributed by atoms with E-state index in [4.69, 9.17) is 15.2 Å². The van der Waals surface area contributed by atoms with Crippen molar-refractivity contribution in [3.05, 3.63) is 52.0 Å². The van der Waals surface area contributed by atoms with Crippen LogP contribution in [0.3, 0.4) is 0 Å². The average molecular weight is 545 g/mol. The van der Waals surface area contributed by atoms with Crippen molar-refractivity contribution >= 4 is 23.4 Å². The number of esters is 1. The topological polar surface area (TPSA) is 197 Å². The number of carbonyl (C=O) groups is 4. The maximum Gasteiger partial charge on any atom is 0.302 e. The number of hydrogen-bond donors (Lipinski definition) is 5. The number of aromatic hydroxyl groups is 1. The molecule has 0 bridgehead atoms. The van der Waals surface area contributed by atoms with Crippen LogP contribution in [-0.4, -0.2) is 93.8 Å². The minimum Gasteiger partial charge on any atom is -0.510 e. The summed E-state index contributed by atoms with van der Waals surface area (Å²) in [6.45, 7) is 3.30. The Kier molecular flexibility index (Phi) is 7.32. The molecule has 12 heteroatoms. The molecule has 0 aromatic heterocycles. The Balaban J connectivity index is 2.10. The SMILES string of the molecule is CCCOCC1c2cccc(O)c2C(=O)C2=C(O)C3(O)C(=O)C(C(N)=O)=C(O)C(N(C)C)C3C(OC(C)=O)C21. The van der Waals surface area contributed by atoms with Crippen molar-refractivity contribution < 1.29 is 49.1 Å². The van der Waals surface area contributed by atoms with Crippen LogP contribution in [0.4, 0.5) is 0 Å². The fourth-order valence-electron chi connectivity index (χ4n) is 6.26. The highest BCUT2D eigenvalue weighted by Gasteiger charge is 2.68. The number of Topliss-reactive ketones (excluding diaryl/α,β-unsaturated/α-hetero) is 2. The van der Waals surface area contributed by atoms with Gasteiger partial charge in [-0.05, 0) is 32.1 Å². The Bertz CT molecular complexity index is 1320. The first-order chi connectivity index (χ1) is 18.3. The summed E-state index contributed by atoms with van der Waals surface area (Å²) in [6.07, 6.45) is -0.806. The molecule has 12 nitrogen and oxygen atoms in total. The molecule has 1 aromatic carbocycles. The smallest absolute Gasteiger partial charge is 0.302 e. The number of primary amides is 1. The third-order valence-electron chi connectivity index (χ3n) is 7.72. The first-order valence-electron chi connectivity index (χ1n) is 12.5. The quantitative estimate of drug-likeness (QED) is 0.183. The van der Waals surface area contributed by atoms with Crippen molar-refractivity contribution in [2.75, 3.05) is 27.3 Å². The lowest BCUT2D eigenvalue weighted by molar-refractivity contribution is -0.180. The van der Waals surface area contributed by atoms with Gasteiger partial charge in [0, 0.05) is 30.9 Å². The van der Waals surface area contributed by atoms with Gasteiger partial charge in [-0.2, -0.15) is 0 Å². The number of fused-ring (bicyclic) bond motifs is 3. The second-order valence-corrected chi connectivity index (χ2v) is 10.3. The predicted octanol–water partition coefficient (Wildman–Crippen LogP) is 0.630. The van der Waals surface area contributed by atoms with Gasteiger partial charge >= 0.3 is 5.97 Å². The summed E-state index contributed by atoms with van der Waals surface area (Å²) in [4.78, 5) is 53.5. The van der Waals surface area contributed by atoms with E-state index in [1.54, 1.807) is 6.07 Å². The lowest BCUT2D eigenvalue weighted by atomic mass is 9.55. The molecule has 1 aromatic rings. The number of ketones is 2. The van der Waals surface area contributed by atoms with Gasteiger partial charge in [-0.15, -0.1) is 0 Å². The van der Waals surface area contributed by atoms with Crippen molar-refractivity contribution in [2.24, 2.45) is 17.6 Å². The Morgan fingerprint density at radius 1 is 1.15 bits per heavy atom. The number of carbonyl (C=O) groups excluding carboxylic acids is 4. The number of benzene rings is 1. The van der Waals surface area contributed by atoms with Crippen molar-refractivity contribution in [1.82, 2.24) is 4.90 Å². The van der Waals surface area contributed by atoms with E-state index in [0.29, 0.717) is 18.6 Å². The van der Waals surface area contributed by atoms with Gasteiger partial charge in [-0.3, -0.25) is 24.1 Å². The lowest BCUT2D eigenvalue weighted by Crippen LogP contribution is -2.69. The number of hydrogen-bond acceptors (Lipinski definition) is 11. The Labute approximate surface area is 224 Å². The van der Waals surface area contributed by atoms with Crippen LogP contribution in [0.25, 0.3) is 0 Å². The molecule has 0 radical (unpaired) electrons. The lowest BCUT2D eigenvalue weighted by Gasteiger charge is -2.54. The monoisotopic (exact) mass is 544 g/mol. The zero-order chi connectivity index (χ0) is 29.0. The van der Waals surface area contributed by atoms with Gasteiger partial charge in [0.05, 0.1) is 24.1 Å². The summed E-state index contributed by atoms with van der Waals surface area (Å²) in [7, 11) is 2.97. The normalized spacial score (nSPS) is 30.2. The van der Waals surface area contributed by atoms with Crippen LogP contribution in [0.15, 0.2) is 40.9 Å². The fourth-order valence-corrected chi connectivity index (χ4v) is 6.26. The Hall–Kier alpha value is -3.74. The van der Waals surface area contributed by atoms with Crippen LogP contribution in [-0.2, 0) is 23.9 Å². The minimum absolute atomic E-state index is 0.0309. The number of phenols is 1. The van der Waals surface area contributed by atoms with Gasteiger partial charge < -0.3 is 35.6 Å². The van der Waals surface area contributed by atoms with E-state index in [1.807, 2.05) is 6.92 Å². The van der Waals surface area contributed by atoms with E-state index in [9.17, 15) is 39.6 Å². The molecular weight excluding hydrogens is 512 g/mol.